The predicted molar refractivity (Wildman–Crippen MR) is 153 cm³/mol. The molecule has 1 nitrogen and oxygen atoms in total. The molecule has 2 heteroatoms. The SMILES string of the molecule is C1=CC1.C=C/C=C/Cc1sc(NC(=C)CCC(=C)c2cccc(CC)c2)cc1-c1ccccc1. The first-order valence-corrected chi connectivity index (χ1v) is 12.7. The molecule has 0 fully saturated rings. The van der Waals surface area contributed by atoms with E-state index in [1.54, 1.807) is 11.3 Å². The van der Waals surface area contributed by atoms with Crippen LogP contribution in [0.5, 0.6) is 0 Å². The number of benzene rings is 2. The highest BCUT2D eigenvalue weighted by atomic mass is 32.1. The van der Waals surface area contributed by atoms with E-state index in [1.807, 2.05) is 12.2 Å². The largest absolute Gasteiger partial charge is 0.351 e. The van der Waals surface area contributed by atoms with Crippen LogP contribution in [0, 0.1) is 0 Å². The summed E-state index contributed by atoms with van der Waals surface area (Å²) >= 11 is 1.79. The zero-order valence-electron chi connectivity index (χ0n) is 20.2. The second-order valence-corrected chi connectivity index (χ2v) is 9.41. The van der Waals surface area contributed by atoms with E-state index in [0.29, 0.717) is 0 Å². The van der Waals surface area contributed by atoms with Gasteiger partial charge in [0.15, 0.2) is 0 Å². The lowest BCUT2D eigenvalue weighted by atomic mass is 9.99. The van der Waals surface area contributed by atoms with Gasteiger partial charge >= 0.3 is 0 Å². The quantitative estimate of drug-likeness (QED) is 0.219. The van der Waals surface area contributed by atoms with Crippen LogP contribution in [0.25, 0.3) is 16.7 Å². The fourth-order valence-electron chi connectivity index (χ4n) is 3.47. The monoisotopic (exact) mass is 465 g/mol. The molecule has 0 spiro atoms. The zero-order chi connectivity index (χ0) is 24.2. The summed E-state index contributed by atoms with van der Waals surface area (Å²) in [7, 11) is 0. The number of aryl methyl sites for hydroxylation is 1. The lowest BCUT2D eigenvalue weighted by Crippen LogP contribution is -1.97. The minimum Gasteiger partial charge on any atom is -0.351 e. The molecular weight excluding hydrogens is 430 g/mol. The molecule has 0 bridgehead atoms. The first-order valence-electron chi connectivity index (χ1n) is 11.9. The molecule has 0 atom stereocenters. The molecule has 1 heterocycles. The Hall–Kier alpha value is -3.36. The molecule has 0 amide bonds. The lowest BCUT2D eigenvalue weighted by molar-refractivity contribution is 1.01. The van der Waals surface area contributed by atoms with E-state index in [9.17, 15) is 0 Å². The summed E-state index contributed by atoms with van der Waals surface area (Å²) < 4.78 is 0. The molecule has 4 rings (SSSR count). The first kappa shape index (κ1) is 25.3. The van der Waals surface area contributed by atoms with Crippen molar-refractivity contribution in [1.29, 1.82) is 0 Å². The van der Waals surface area contributed by atoms with Crippen molar-refractivity contribution in [2.75, 3.05) is 5.32 Å². The summed E-state index contributed by atoms with van der Waals surface area (Å²) in [6.45, 7) is 14.5. The zero-order valence-corrected chi connectivity index (χ0v) is 21.0. The van der Waals surface area contributed by atoms with Gasteiger partial charge in [-0.15, -0.1) is 11.3 Å². The molecule has 0 saturated heterocycles. The smallest absolute Gasteiger partial charge is 0.0933 e. The first-order chi connectivity index (χ1) is 16.6. The van der Waals surface area contributed by atoms with Gasteiger partial charge in [0.05, 0.1) is 5.00 Å². The Morgan fingerprint density at radius 3 is 2.44 bits per heavy atom. The third-order valence-electron chi connectivity index (χ3n) is 5.48. The van der Waals surface area contributed by atoms with Crippen molar-refractivity contribution in [3.63, 3.8) is 0 Å². The van der Waals surface area contributed by atoms with Gasteiger partial charge in [0.25, 0.3) is 0 Å². The third kappa shape index (κ3) is 8.20. The number of hydrogen-bond donors (Lipinski definition) is 1. The van der Waals surface area contributed by atoms with Crippen LogP contribution in [0.1, 0.15) is 42.2 Å². The van der Waals surface area contributed by atoms with Crippen LogP contribution >= 0.6 is 11.3 Å². The molecule has 3 aromatic rings. The molecule has 0 unspecified atom stereocenters. The van der Waals surface area contributed by atoms with E-state index in [0.717, 1.165) is 42.0 Å². The van der Waals surface area contributed by atoms with Crippen molar-refractivity contribution in [2.45, 2.75) is 39.0 Å². The summed E-state index contributed by atoms with van der Waals surface area (Å²) in [5, 5.41) is 4.66. The van der Waals surface area contributed by atoms with Gasteiger partial charge in [0.2, 0.25) is 0 Å². The fraction of sp³-hybridized carbons (Fsp3) is 0.188. The number of anilines is 1. The van der Waals surface area contributed by atoms with Crippen molar-refractivity contribution in [1.82, 2.24) is 0 Å². The van der Waals surface area contributed by atoms with Gasteiger partial charge < -0.3 is 5.32 Å². The van der Waals surface area contributed by atoms with Gasteiger partial charge in [-0.3, -0.25) is 0 Å². The van der Waals surface area contributed by atoms with Crippen LogP contribution < -0.4 is 5.32 Å². The molecule has 1 aliphatic rings. The fourth-order valence-corrected chi connectivity index (χ4v) is 4.57. The van der Waals surface area contributed by atoms with Crippen LogP contribution in [-0.2, 0) is 12.8 Å². The van der Waals surface area contributed by atoms with Crippen LogP contribution in [-0.4, -0.2) is 0 Å². The maximum absolute atomic E-state index is 4.30. The van der Waals surface area contributed by atoms with Gasteiger partial charge in [0, 0.05) is 17.0 Å². The number of nitrogens with one attached hydrogen (secondary N) is 1. The third-order valence-corrected chi connectivity index (χ3v) is 6.55. The number of allylic oxidation sites excluding steroid dienone is 7. The minimum absolute atomic E-state index is 0.861. The highest BCUT2D eigenvalue weighted by molar-refractivity contribution is 7.16. The van der Waals surface area contributed by atoms with E-state index >= 15 is 0 Å². The Morgan fingerprint density at radius 1 is 1.00 bits per heavy atom. The van der Waals surface area contributed by atoms with E-state index in [4.69, 9.17) is 0 Å². The highest BCUT2D eigenvalue weighted by Crippen LogP contribution is 2.36. The van der Waals surface area contributed by atoms with Crippen LogP contribution in [0.3, 0.4) is 0 Å². The van der Waals surface area contributed by atoms with Crippen molar-refractivity contribution >= 4 is 21.9 Å². The van der Waals surface area contributed by atoms with E-state index in [2.05, 4.69) is 111 Å². The predicted octanol–water partition coefficient (Wildman–Crippen LogP) is 9.63. The van der Waals surface area contributed by atoms with Crippen molar-refractivity contribution in [2.24, 2.45) is 0 Å². The van der Waals surface area contributed by atoms with Gasteiger partial charge in [-0.25, -0.2) is 0 Å². The molecule has 2 aromatic carbocycles. The molecule has 1 N–H and O–H groups in total. The maximum atomic E-state index is 4.30. The van der Waals surface area contributed by atoms with Gasteiger partial charge in [-0.2, -0.15) is 0 Å². The Morgan fingerprint density at radius 2 is 1.76 bits per heavy atom. The lowest BCUT2D eigenvalue weighted by Gasteiger charge is -2.10. The Kier molecular flexibility index (Phi) is 9.94. The minimum atomic E-state index is 0.861. The Labute approximate surface area is 209 Å². The summed E-state index contributed by atoms with van der Waals surface area (Å²) in [5.41, 5.74) is 7.26. The second kappa shape index (κ2) is 13.4. The highest BCUT2D eigenvalue weighted by Gasteiger charge is 2.11. The molecule has 174 valence electrons. The summed E-state index contributed by atoms with van der Waals surface area (Å²) in [6, 6.07) is 21.5. The average Bonchev–Trinajstić information content (AvgIpc) is 3.71. The molecule has 1 aromatic heterocycles. The topological polar surface area (TPSA) is 12.0 Å². The number of rotatable bonds is 11. The van der Waals surface area contributed by atoms with Crippen molar-refractivity contribution in [3.05, 3.63) is 132 Å². The van der Waals surface area contributed by atoms with Crippen molar-refractivity contribution in [3.8, 4) is 11.1 Å². The number of thiophene rings is 1. The standard InChI is InChI=1S/C29H31NS.C3H4/c1-5-7-9-17-28-27(25-14-10-8-11-15-25)21-29(31-28)30-23(4)19-18-22(3)26-16-12-13-24(6-2)20-26;1-2-3-1/h5,7-16,20-21,30H,1,3-4,6,17-19H2,2H3;1-2H,3H2/b9-7+;. The normalized spacial score (nSPS) is 11.6. The Balaban J connectivity index is 0.000000999. The summed E-state index contributed by atoms with van der Waals surface area (Å²) in [4.78, 5) is 1.33. The van der Waals surface area contributed by atoms with Gasteiger partial charge in [0.1, 0.15) is 0 Å². The molecular formula is C32H35NS. The molecule has 1 aliphatic carbocycles. The van der Waals surface area contributed by atoms with Gasteiger partial charge in [-0.1, -0.05) is 112 Å². The number of hydrogen-bond acceptors (Lipinski definition) is 2. The van der Waals surface area contributed by atoms with Crippen LogP contribution in [0.2, 0.25) is 0 Å². The van der Waals surface area contributed by atoms with E-state index in [1.165, 1.54) is 33.6 Å². The van der Waals surface area contributed by atoms with E-state index < -0.39 is 0 Å². The van der Waals surface area contributed by atoms with Crippen molar-refractivity contribution < 1.29 is 0 Å². The molecule has 34 heavy (non-hydrogen) atoms. The van der Waals surface area contributed by atoms with Crippen LogP contribution in [0.15, 0.2) is 116 Å². The summed E-state index contributed by atoms with van der Waals surface area (Å²) in [6.07, 6.45) is 15.2. The summed E-state index contributed by atoms with van der Waals surface area (Å²) in [5.74, 6) is 0. The van der Waals surface area contributed by atoms with Crippen LogP contribution in [0.4, 0.5) is 5.00 Å². The Bertz CT molecular complexity index is 1160. The van der Waals surface area contributed by atoms with Gasteiger partial charge in [-0.05, 0) is 59.6 Å². The molecule has 0 radical (unpaired) electrons. The molecule has 0 aliphatic heterocycles. The van der Waals surface area contributed by atoms with E-state index in [-0.39, 0.29) is 0 Å². The second-order valence-electron chi connectivity index (χ2n) is 8.27. The maximum Gasteiger partial charge on any atom is 0.0933 e. The average molecular weight is 466 g/mol. The molecule has 0 saturated carbocycles.